The average molecular weight is 1810 g/mol. The smallest absolute Gasteiger partial charge is 0.0103 e. The maximum absolute atomic E-state index is 2.28. The molecule has 0 aromatic heterocycles. The van der Waals surface area contributed by atoms with Crippen LogP contribution in [0.15, 0.2) is 510 Å². The van der Waals surface area contributed by atoms with E-state index < -0.39 is 0 Å². The summed E-state index contributed by atoms with van der Waals surface area (Å²) in [6, 6.07) is 182. The normalized spacial score (nSPS) is 10.5. The zero-order valence-corrected chi connectivity index (χ0v) is 83.5. The molecule has 0 aliphatic rings. The molecule has 0 unspecified atom stereocenters. The zero-order chi connectivity index (χ0) is 97.6. The van der Waals surface area contributed by atoms with Crippen molar-refractivity contribution in [1.82, 2.24) is 0 Å². The van der Waals surface area contributed by atoms with Gasteiger partial charge in [0.2, 0.25) is 0 Å². The molecule has 0 nitrogen and oxygen atoms in total. The Balaban J connectivity index is 0.000000124. The third-order valence-electron chi connectivity index (χ3n) is 25.8. The highest BCUT2D eigenvalue weighted by Crippen LogP contribution is 2.42. The molecule has 0 amide bonds. The van der Waals surface area contributed by atoms with E-state index in [0.29, 0.717) is 0 Å². The summed E-state index contributed by atoms with van der Waals surface area (Å²) < 4.78 is 0. The molecule has 0 spiro atoms. The van der Waals surface area contributed by atoms with E-state index in [2.05, 4.69) is 607 Å². The molecular weight excluding hydrogens is 1680 g/mol. The van der Waals surface area contributed by atoms with Crippen LogP contribution in [0.1, 0.15) is 77.9 Å². The zero-order valence-electron chi connectivity index (χ0n) is 83.5. The first-order valence-electron chi connectivity index (χ1n) is 48.8. The van der Waals surface area contributed by atoms with E-state index in [1.807, 2.05) is 0 Å². The van der Waals surface area contributed by atoms with Crippen LogP contribution in [-0.4, -0.2) is 0 Å². The van der Waals surface area contributed by atoms with Gasteiger partial charge in [-0.25, -0.2) is 0 Å². The minimum atomic E-state index is 1.27. The second-order valence-corrected chi connectivity index (χ2v) is 36.7. The van der Waals surface area contributed by atoms with Crippen LogP contribution in [0.4, 0.5) is 0 Å². The second-order valence-electron chi connectivity index (χ2n) is 36.7. The molecule has 0 N–H and O–H groups in total. The van der Waals surface area contributed by atoms with Gasteiger partial charge in [0.05, 0.1) is 0 Å². The van der Waals surface area contributed by atoms with Crippen LogP contribution in [0, 0.1) is 96.9 Å². The first-order valence-corrected chi connectivity index (χ1v) is 48.8. The molecule has 0 heterocycles. The summed E-state index contributed by atoms with van der Waals surface area (Å²) in [7, 11) is 0. The summed E-state index contributed by atoms with van der Waals surface area (Å²) in [4.78, 5) is 0. The summed E-state index contributed by atoms with van der Waals surface area (Å²) >= 11 is 0. The van der Waals surface area contributed by atoms with E-state index in [1.165, 1.54) is 234 Å². The fourth-order valence-corrected chi connectivity index (χ4v) is 18.2. The third kappa shape index (κ3) is 25.9. The summed E-state index contributed by atoms with van der Waals surface area (Å²) in [5.41, 5.74) is 54.4. The van der Waals surface area contributed by atoms with Gasteiger partial charge < -0.3 is 0 Å². The maximum Gasteiger partial charge on any atom is -0.0103 e. The number of aryl methyl sites for hydroxylation is 14. The van der Waals surface area contributed by atoms with Crippen molar-refractivity contribution in [2.45, 2.75) is 96.9 Å². The van der Waals surface area contributed by atoms with E-state index in [4.69, 9.17) is 0 Å². The molecular formula is C140H126. The van der Waals surface area contributed by atoms with Gasteiger partial charge in [-0.3, -0.25) is 0 Å². The molecule has 0 bridgehead atoms. The van der Waals surface area contributed by atoms with Crippen molar-refractivity contribution in [1.29, 1.82) is 0 Å². The van der Waals surface area contributed by atoms with Crippen LogP contribution in [-0.2, 0) is 0 Å². The molecule has 140 heavy (non-hydrogen) atoms. The predicted octanol–water partition coefficient (Wildman–Crippen LogP) is 39.5. The first kappa shape index (κ1) is 98.1. The van der Waals surface area contributed by atoms with Crippen molar-refractivity contribution in [2.75, 3.05) is 0 Å². The van der Waals surface area contributed by atoms with Crippen LogP contribution >= 0.6 is 0 Å². The molecule has 0 aliphatic heterocycles. The Morgan fingerprint density at radius 3 is 0.407 bits per heavy atom. The van der Waals surface area contributed by atoms with Gasteiger partial charge in [-0.1, -0.05) is 548 Å². The van der Waals surface area contributed by atoms with Crippen LogP contribution < -0.4 is 0 Å². The Morgan fingerprint density at radius 2 is 0.214 bits per heavy atom. The summed E-state index contributed by atoms with van der Waals surface area (Å²) in [6.07, 6.45) is 0. The maximum atomic E-state index is 2.28. The molecule has 21 rings (SSSR count). The minimum absolute atomic E-state index is 1.27. The topological polar surface area (TPSA) is 0 Å². The first-order chi connectivity index (χ1) is 68.2. The number of rotatable bonds is 14. The molecule has 0 saturated carbocycles. The highest BCUT2D eigenvalue weighted by molar-refractivity contribution is 5.91. The Labute approximate surface area is 834 Å². The lowest BCUT2D eigenvalue weighted by atomic mass is 9.90. The average Bonchev–Trinajstić information content (AvgIpc) is 0.807. The molecule has 0 atom stereocenters. The van der Waals surface area contributed by atoms with Crippen LogP contribution in [0.3, 0.4) is 0 Å². The standard InChI is InChI=1S/7C20H18/c1-15-9-3-5-11-17(15)19-13-7-8-14-20(19)18-12-6-4-10-16(18)2;1-15-8-3-5-12-19(15)17-10-7-11-18(14-17)20-13-6-4-9-16(20)2;1-15-7-5-9-17(13-15)19-11-3-4-12-20(19)18-10-6-8-16(2)14-18;1-15-8-7-10-17(14-15)19-12-5-6-13-20(19)18-11-4-3-9-16(18)2;1-15-10-12-17(13-11-15)19-8-3-4-9-20(19)18-7-5-6-16(2)14-18;1-15-11-13-17(14-12-15)19-9-5-6-10-20(19)18-8-4-3-7-16(18)2;1-15-7-11-17(12-8-15)19-5-3-4-6-20(19)18-13-9-16(2)10-14-18/h7*3-14H,1-2H3. The monoisotopic (exact) mass is 1810 g/mol. The van der Waals surface area contributed by atoms with Gasteiger partial charge in [0.25, 0.3) is 0 Å². The SMILES string of the molecule is Cc1ccc(-c2ccccc2-c2ccc(C)cc2)cc1.Cc1ccc(-c2ccccc2-c2cccc(C)c2)cc1.Cc1ccc(-c2ccccc2-c2ccccc2C)cc1.Cc1cccc(-c2ccccc2-c2cccc(C)c2)c1.Cc1cccc(-c2ccccc2-c2ccccc2C)c1.Cc1ccccc1-c1cccc(-c2ccccc2C)c1.Cc1ccccc1-c1ccccc1-c1ccccc1C. The van der Waals surface area contributed by atoms with Crippen molar-refractivity contribution in [3.63, 3.8) is 0 Å². The summed E-state index contributed by atoms with van der Waals surface area (Å²) in [5.74, 6) is 0. The highest BCUT2D eigenvalue weighted by Gasteiger charge is 2.17. The van der Waals surface area contributed by atoms with Gasteiger partial charge in [-0.15, -0.1) is 0 Å². The van der Waals surface area contributed by atoms with Gasteiger partial charge in [-0.05, 0) is 292 Å². The molecule has 686 valence electrons. The molecule has 0 saturated heterocycles. The van der Waals surface area contributed by atoms with Crippen molar-refractivity contribution < 1.29 is 0 Å². The van der Waals surface area contributed by atoms with E-state index in [1.54, 1.807) is 0 Å². The number of hydrogen-bond acceptors (Lipinski definition) is 0. The van der Waals surface area contributed by atoms with Crippen molar-refractivity contribution in [2.24, 2.45) is 0 Å². The third-order valence-corrected chi connectivity index (χ3v) is 25.8. The van der Waals surface area contributed by atoms with Crippen molar-refractivity contribution in [3.05, 3.63) is 587 Å². The molecule has 0 radical (unpaired) electrons. The fourth-order valence-electron chi connectivity index (χ4n) is 18.2. The van der Waals surface area contributed by atoms with Gasteiger partial charge in [0.15, 0.2) is 0 Å². The van der Waals surface area contributed by atoms with Crippen LogP contribution in [0.25, 0.3) is 156 Å². The predicted molar refractivity (Wildman–Crippen MR) is 608 cm³/mol. The number of benzene rings is 21. The lowest BCUT2D eigenvalue weighted by Gasteiger charge is -2.14. The molecule has 0 heteroatoms. The Bertz CT molecular complexity index is 7400. The minimum Gasteiger partial charge on any atom is -0.0620 e. The van der Waals surface area contributed by atoms with E-state index in [0.717, 1.165) is 0 Å². The van der Waals surface area contributed by atoms with Gasteiger partial charge in [0.1, 0.15) is 0 Å². The van der Waals surface area contributed by atoms with Gasteiger partial charge in [-0.2, -0.15) is 0 Å². The number of hydrogen-bond donors (Lipinski definition) is 0. The summed E-state index contributed by atoms with van der Waals surface area (Å²) in [6.45, 7) is 30.0. The van der Waals surface area contributed by atoms with E-state index in [-0.39, 0.29) is 0 Å². The molecule has 0 fully saturated rings. The van der Waals surface area contributed by atoms with E-state index >= 15 is 0 Å². The Kier molecular flexibility index (Phi) is 33.9. The Hall–Kier alpha value is -16.4. The van der Waals surface area contributed by atoms with Crippen LogP contribution in [0.5, 0.6) is 0 Å². The highest BCUT2D eigenvalue weighted by atomic mass is 14.2. The largest absolute Gasteiger partial charge is 0.0620 e. The quantitative estimate of drug-likeness (QED) is 0.102. The van der Waals surface area contributed by atoms with Crippen molar-refractivity contribution >= 4 is 0 Å². The van der Waals surface area contributed by atoms with E-state index in [9.17, 15) is 0 Å². The molecule has 21 aromatic rings. The molecule has 21 aromatic carbocycles. The fraction of sp³-hybridized carbons (Fsp3) is 0.100. The lowest BCUT2D eigenvalue weighted by molar-refractivity contribution is 1.43. The summed E-state index contributed by atoms with van der Waals surface area (Å²) in [5, 5.41) is 0. The second kappa shape index (κ2) is 48.4. The van der Waals surface area contributed by atoms with Crippen LogP contribution in [0.2, 0.25) is 0 Å². The lowest BCUT2D eigenvalue weighted by Crippen LogP contribution is -1.89. The van der Waals surface area contributed by atoms with Gasteiger partial charge >= 0.3 is 0 Å². The van der Waals surface area contributed by atoms with Gasteiger partial charge in [0, 0.05) is 0 Å². The molecule has 0 aliphatic carbocycles. The van der Waals surface area contributed by atoms with Crippen molar-refractivity contribution in [3.8, 4) is 156 Å². The Morgan fingerprint density at radius 1 is 0.0786 bits per heavy atom.